The van der Waals surface area contributed by atoms with Crippen LogP contribution in [0.2, 0.25) is 0 Å². The van der Waals surface area contributed by atoms with Gasteiger partial charge in [-0.1, -0.05) is 113 Å². The predicted octanol–water partition coefficient (Wildman–Crippen LogP) is 10.8. The summed E-state index contributed by atoms with van der Waals surface area (Å²) >= 11 is 0. The number of aliphatic hydroxyl groups is 1. The van der Waals surface area contributed by atoms with E-state index in [1.165, 1.54) is 28.0 Å². The van der Waals surface area contributed by atoms with Crippen LogP contribution in [-0.4, -0.2) is 20.9 Å². The second kappa shape index (κ2) is 14.5. The van der Waals surface area contributed by atoms with Crippen LogP contribution in [0.15, 0.2) is 60.6 Å². The Balaban J connectivity index is 0.000000363. The molecule has 0 aliphatic heterocycles. The number of fused-ring (bicyclic) bond motifs is 3. The van der Waals surface area contributed by atoms with E-state index in [2.05, 4.69) is 95.1 Å². The van der Waals surface area contributed by atoms with Crippen LogP contribution in [0, 0.1) is 23.8 Å². The fourth-order valence-corrected chi connectivity index (χ4v) is 4.77. The third-order valence-corrected chi connectivity index (χ3v) is 8.82. The summed E-state index contributed by atoms with van der Waals surface area (Å²) in [6.45, 7) is 25.0. The average molecular weight is 772 g/mol. The van der Waals surface area contributed by atoms with E-state index in [0.29, 0.717) is 5.92 Å². The van der Waals surface area contributed by atoms with Gasteiger partial charge in [0.1, 0.15) is 12.1 Å². The molecule has 0 spiro atoms. The van der Waals surface area contributed by atoms with Crippen LogP contribution in [0.1, 0.15) is 112 Å². The zero-order chi connectivity index (χ0) is 32.3. The molecule has 0 unspecified atom stereocenters. The molecule has 3 aromatic carbocycles. The van der Waals surface area contributed by atoms with Crippen molar-refractivity contribution in [2.75, 3.05) is 0 Å². The number of ketones is 1. The summed E-state index contributed by atoms with van der Waals surface area (Å²) in [5.41, 5.74) is 6.19. The third-order valence-electron chi connectivity index (χ3n) is 8.82. The molecule has 0 aliphatic carbocycles. The fourth-order valence-electron chi connectivity index (χ4n) is 4.77. The topological polar surface area (TPSA) is 63.1 Å². The third kappa shape index (κ3) is 8.43. The molecule has 1 radical (unpaired) electrons. The van der Waals surface area contributed by atoms with Gasteiger partial charge in [-0.2, -0.15) is 0 Å². The monoisotopic (exact) mass is 772 g/mol. The Labute approximate surface area is 279 Å². The maximum Gasteiger partial charge on any atom is 0.164 e. The molecule has 0 atom stereocenters. The molecule has 0 saturated carbocycles. The van der Waals surface area contributed by atoms with Gasteiger partial charge in [-0.3, -0.25) is 9.78 Å². The van der Waals surface area contributed by atoms with Gasteiger partial charge in [0.25, 0.3) is 0 Å². The van der Waals surface area contributed by atoms with Crippen molar-refractivity contribution in [1.82, 2.24) is 9.97 Å². The van der Waals surface area contributed by atoms with Crippen LogP contribution >= 0.6 is 0 Å². The van der Waals surface area contributed by atoms with Gasteiger partial charge in [0.2, 0.25) is 0 Å². The minimum atomic E-state index is -0.377. The van der Waals surface area contributed by atoms with Crippen molar-refractivity contribution in [3.63, 3.8) is 0 Å². The number of aryl methyl sites for hydroxylation is 1. The molecule has 0 saturated heterocycles. The summed E-state index contributed by atoms with van der Waals surface area (Å²) in [6, 6.07) is 18.8. The number of nitrogens with zero attached hydrogens (tertiary/aromatic N) is 2. The summed E-state index contributed by atoms with van der Waals surface area (Å²) in [6.07, 6.45) is 4.69. The Morgan fingerprint density at radius 3 is 2.14 bits per heavy atom. The van der Waals surface area contributed by atoms with Crippen LogP contribution < -0.4 is 0 Å². The van der Waals surface area contributed by atoms with Crippen LogP contribution in [0.3, 0.4) is 0 Å². The summed E-state index contributed by atoms with van der Waals surface area (Å²) in [4.78, 5) is 21.2. The van der Waals surface area contributed by atoms with E-state index < -0.39 is 0 Å². The quantitative estimate of drug-likeness (QED) is 0.0880. The van der Waals surface area contributed by atoms with Crippen LogP contribution in [0.25, 0.3) is 32.9 Å². The molecule has 1 aromatic heterocycles. The van der Waals surface area contributed by atoms with E-state index >= 15 is 0 Å². The predicted molar refractivity (Wildman–Crippen MR) is 183 cm³/mol. The number of carbonyl (C=O) groups is 1. The number of benzene rings is 3. The van der Waals surface area contributed by atoms with E-state index in [-0.39, 0.29) is 47.9 Å². The van der Waals surface area contributed by atoms with Gasteiger partial charge in [-0.25, -0.2) is 4.98 Å². The molecule has 4 rings (SSSR count). The standard InChI is InChI=1S/C26H27N2.C13H24O2.Ir/c1-16(2)21-9-7-8-18-10-11-22-24(27-15-28-25(22)23(18)21)19-12-17(3)13-20(14-19)26(4,5)6;1-7-12(3,4)10(14)9-11(15)13(5,6)8-2;/h7-11,13-16H,1-6H3;9,14H,7-8H2,1-6H3;/q-1;;/b;10-9-;. The summed E-state index contributed by atoms with van der Waals surface area (Å²) < 4.78 is 0. The van der Waals surface area contributed by atoms with Crippen LogP contribution in [0.5, 0.6) is 0 Å². The molecule has 1 heterocycles. The SMILES string of the molecule is CCC(C)(C)C(=O)/C=C(\O)C(C)(C)CC.Cc1[c-]c(-c2ncnc3c2ccc2cccc(C(C)C)c23)cc(C(C)(C)C)c1.[Ir]. The molecule has 4 aromatic rings. The number of hydrogen-bond acceptors (Lipinski definition) is 4. The second-order valence-corrected chi connectivity index (χ2v) is 14.4. The minimum Gasteiger partial charge on any atom is -0.512 e. The van der Waals surface area contributed by atoms with Gasteiger partial charge in [-0.15, -0.1) is 34.9 Å². The van der Waals surface area contributed by atoms with Crippen molar-refractivity contribution in [2.45, 2.75) is 107 Å². The van der Waals surface area contributed by atoms with Gasteiger partial charge in [0.05, 0.1) is 5.52 Å². The Morgan fingerprint density at radius 1 is 0.932 bits per heavy atom. The zero-order valence-corrected chi connectivity index (χ0v) is 31.2. The average Bonchev–Trinajstić information content (AvgIpc) is 2.95. The Kier molecular flexibility index (Phi) is 12.3. The molecule has 5 heteroatoms. The minimum absolute atomic E-state index is 0. The molecule has 0 fully saturated rings. The van der Waals surface area contributed by atoms with Gasteiger partial charge >= 0.3 is 0 Å². The molecule has 0 amide bonds. The van der Waals surface area contributed by atoms with Gasteiger partial charge in [0, 0.05) is 42.4 Å². The number of aliphatic hydroxyl groups excluding tert-OH is 1. The molecule has 1 N–H and O–H groups in total. The largest absolute Gasteiger partial charge is 0.512 e. The van der Waals surface area contributed by atoms with E-state index in [1.807, 2.05) is 41.5 Å². The normalized spacial score (nSPS) is 12.6. The van der Waals surface area contributed by atoms with Crippen LogP contribution in [-0.2, 0) is 30.3 Å². The van der Waals surface area contributed by atoms with Crippen molar-refractivity contribution in [1.29, 1.82) is 0 Å². The Hall–Kier alpha value is -2.88. The zero-order valence-electron chi connectivity index (χ0n) is 28.8. The number of allylic oxidation sites excluding steroid dienone is 2. The van der Waals surface area contributed by atoms with E-state index in [0.717, 1.165) is 40.6 Å². The molecule has 4 nitrogen and oxygen atoms in total. The van der Waals surface area contributed by atoms with E-state index in [9.17, 15) is 9.90 Å². The number of aromatic nitrogens is 2. The number of hydrogen-bond donors (Lipinski definition) is 1. The maximum absolute atomic E-state index is 11.8. The van der Waals surface area contributed by atoms with Crippen molar-refractivity contribution in [3.05, 3.63) is 83.4 Å². The van der Waals surface area contributed by atoms with Crippen LogP contribution in [0.4, 0.5) is 0 Å². The molecular weight excluding hydrogens is 721 g/mol. The molecule has 44 heavy (non-hydrogen) atoms. The first-order chi connectivity index (χ1) is 19.9. The molecular formula is C39H51IrN2O2-. The van der Waals surface area contributed by atoms with Gasteiger partial charge < -0.3 is 5.11 Å². The van der Waals surface area contributed by atoms with Crippen molar-refractivity contribution < 1.29 is 30.0 Å². The molecule has 239 valence electrons. The van der Waals surface area contributed by atoms with Gasteiger partial charge in [0.15, 0.2) is 5.78 Å². The first-order valence-electron chi connectivity index (χ1n) is 15.6. The Bertz CT molecular complexity index is 1640. The van der Waals surface area contributed by atoms with E-state index in [1.54, 1.807) is 6.33 Å². The first kappa shape index (κ1) is 37.3. The Morgan fingerprint density at radius 2 is 1.57 bits per heavy atom. The number of carbonyl (C=O) groups excluding carboxylic acids is 1. The van der Waals surface area contributed by atoms with Crippen molar-refractivity contribution >= 4 is 27.5 Å². The first-order valence-corrected chi connectivity index (χ1v) is 15.6. The summed E-state index contributed by atoms with van der Waals surface area (Å²) in [5.74, 6) is 0.631. The van der Waals surface area contributed by atoms with Crippen molar-refractivity contribution in [3.8, 4) is 11.3 Å². The smallest absolute Gasteiger partial charge is 0.164 e. The summed E-state index contributed by atoms with van der Waals surface area (Å²) in [7, 11) is 0. The molecule has 0 aliphatic rings. The summed E-state index contributed by atoms with van der Waals surface area (Å²) in [5, 5.41) is 13.4. The number of rotatable bonds is 7. The maximum atomic E-state index is 11.8. The molecule has 0 bridgehead atoms. The van der Waals surface area contributed by atoms with Crippen molar-refractivity contribution in [2.24, 2.45) is 10.8 Å². The second-order valence-electron chi connectivity index (χ2n) is 14.4. The van der Waals surface area contributed by atoms with E-state index in [4.69, 9.17) is 4.98 Å². The van der Waals surface area contributed by atoms with Gasteiger partial charge in [-0.05, 0) is 46.2 Å². The fraction of sp³-hybridized carbons (Fsp3) is 0.462.